The van der Waals surface area contributed by atoms with E-state index in [0.717, 1.165) is 30.1 Å². The van der Waals surface area contributed by atoms with Gasteiger partial charge >= 0.3 is 0 Å². The van der Waals surface area contributed by atoms with Crippen molar-refractivity contribution in [1.29, 1.82) is 0 Å². The number of nitro groups is 1. The fourth-order valence-corrected chi connectivity index (χ4v) is 4.01. The number of aromatic nitrogens is 1. The summed E-state index contributed by atoms with van der Waals surface area (Å²) in [6.45, 7) is 1.57. The summed E-state index contributed by atoms with van der Waals surface area (Å²) in [5.41, 5.74) is 1.71. The third-order valence-electron chi connectivity index (χ3n) is 5.27. The molecule has 1 aliphatic heterocycles. The minimum Gasteiger partial charge on any atom is -0.459 e. The number of likely N-dealkylation sites (N-methyl/N-ethyl adjacent to an activating group) is 1. The van der Waals surface area contributed by atoms with Gasteiger partial charge in [0.05, 0.1) is 16.7 Å². The van der Waals surface area contributed by atoms with Gasteiger partial charge in [0.2, 0.25) is 0 Å². The highest BCUT2D eigenvalue weighted by molar-refractivity contribution is 7.80. The minimum absolute atomic E-state index is 0.0472. The molecule has 160 valence electrons. The van der Waals surface area contributed by atoms with Gasteiger partial charge in [-0.3, -0.25) is 15.1 Å². The molecule has 0 amide bonds. The van der Waals surface area contributed by atoms with Gasteiger partial charge in [-0.2, -0.15) is 0 Å². The molecule has 2 atom stereocenters. The third-order valence-corrected chi connectivity index (χ3v) is 5.62. The van der Waals surface area contributed by atoms with Crippen molar-refractivity contribution in [3.8, 4) is 11.3 Å². The van der Waals surface area contributed by atoms with Crippen LogP contribution in [0.15, 0.2) is 65.2 Å². The van der Waals surface area contributed by atoms with Crippen molar-refractivity contribution in [3.63, 3.8) is 0 Å². The number of non-ortho nitro benzene ring substituents is 1. The quantitative estimate of drug-likeness (QED) is 0.339. The molecule has 1 aliphatic rings. The smallest absolute Gasteiger partial charge is 0.269 e. The zero-order chi connectivity index (χ0) is 22.0. The summed E-state index contributed by atoms with van der Waals surface area (Å²) >= 11 is 5.65. The Bertz CT molecular complexity index is 1070. The first kappa shape index (κ1) is 21.0. The lowest BCUT2D eigenvalue weighted by Crippen LogP contribution is -2.35. The highest BCUT2D eigenvalue weighted by Gasteiger charge is 2.41. The molecule has 0 radical (unpaired) electrons. The van der Waals surface area contributed by atoms with E-state index in [2.05, 4.69) is 20.1 Å². The Kier molecular flexibility index (Phi) is 5.97. The van der Waals surface area contributed by atoms with Gasteiger partial charge in [0.1, 0.15) is 17.6 Å². The van der Waals surface area contributed by atoms with Crippen molar-refractivity contribution in [1.82, 2.24) is 20.1 Å². The lowest BCUT2D eigenvalue weighted by atomic mass is 10.0. The molecular weight excluding hydrogens is 414 g/mol. The number of furan rings is 1. The Balaban J connectivity index is 1.67. The number of nitro benzene ring substituents is 1. The van der Waals surface area contributed by atoms with E-state index in [1.54, 1.807) is 18.3 Å². The molecule has 3 aromatic rings. The van der Waals surface area contributed by atoms with Crippen LogP contribution in [-0.4, -0.2) is 52.0 Å². The van der Waals surface area contributed by atoms with Crippen molar-refractivity contribution in [2.75, 3.05) is 27.2 Å². The molecule has 1 fully saturated rings. The summed E-state index contributed by atoms with van der Waals surface area (Å²) in [7, 11) is 4.05. The number of rotatable bonds is 7. The molecule has 8 nitrogen and oxygen atoms in total. The second kappa shape index (κ2) is 8.83. The Labute approximate surface area is 185 Å². The summed E-state index contributed by atoms with van der Waals surface area (Å²) in [4.78, 5) is 19.3. The summed E-state index contributed by atoms with van der Waals surface area (Å²) in [6.07, 6.45) is 1.77. The Morgan fingerprint density at radius 1 is 1.19 bits per heavy atom. The number of thiocarbonyl (C=S) groups is 1. The maximum absolute atomic E-state index is 10.9. The summed E-state index contributed by atoms with van der Waals surface area (Å²) in [6, 6.07) is 15.7. The number of benzene rings is 1. The lowest BCUT2D eigenvalue weighted by Gasteiger charge is -2.27. The van der Waals surface area contributed by atoms with Crippen LogP contribution in [0.3, 0.4) is 0 Å². The first-order chi connectivity index (χ1) is 14.9. The van der Waals surface area contributed by atoms with E-state index in [0.29, 0.717) is 10.9 Å². The van der Waals surface area contributed by atoms with Gasteiger partial charge in [-0.05, 0) is 62.7 Å². The van der Waals surface area contributed by atoms with Crippen LogP contribution < -0.4 is 5.32 Å². The highest BCUT2D eigenvalue weighted by Crippen LogP contribution is 2.40. The van der Waals surface area contributed by atoms with E-state index < -0.39 is 4.92 Å². The van der Waals surface area contributed by atoms with E-state index in [4.69, 9.17) is 16.6 Å². The van der Waals surface area contributed by atoms with Crippen molar-refractivity contribution in [2.24, 2.45) is 0 Å². The van der Waals surface area contributed by atoms with Crippen LogP contribution in [-0.2, 0) is 0 Å². The average Bonchev–Trinajstić information content (AvgIpc) is 3.37. The van der Waals surface area contributed by atoms with Gasteiger partial charge in [0.15, 0.2) is 5.11 Å². The second-order valence-corrected chi connectivity index (χ2v) is 8.02. The van der Waals surface area contributed by atoms with Crippen LogP contribution in [0.4, 0.5) is 5.69 Å². The number of nitrogens with one attached hydrogen (secondary N) is 1. The lowest BCUT2D eigenvalue weighted by molar-refractivity contribution is -0.384. The molecule has 3 heterocycles. The molecule has 0 aliphatic carbocycles. The molecule has 0 spiro atoms. The average molecular weight is 438 g/mol. The van der Waals surface area contributed by atoms with Crippen LogP contribution in [0.5, 0.6) is 0 Å². The minimum atomic E-state index is -0.414. The Morgan fingerprint density at radius 3 is 2.61 bits per heavy atom. The van der Waals surface area contributed by atoms with E-state index in [9.17, 15) is 10.1 Å². The normalized spacial score (nSPS) is 18.4. The monoisotopic (exact) mass is 437 g/mol. The molecule has 0 bridgehead atoms. The molecule has 0 unspecified atom stereocenters. The van der Waals surface area contributed by atoms with Crippen LogP contribution >= 0.6 is 12.2 Å². The standard InChI is InChI=1S/C22H23N5O3S/c1-25(2)13-14-26-21(20(24-22(26)31)17-5-3-4-12-23-17)19-11-10-18(30-19)15-6-8-16(9-7-15)27(28)29/h3-12,20-21H,13-14H2,1-2H3,(H,24,31)/t20-,21-/m0/s1. The van der Waals surface area contributed by atoms with Crippen molar-refractivity contribution < 1.29 is 9.34 Å². The first-order valence-electron chi connectivity index (χ1n) is 9.91. The molecule has 31 heavy (non-hydrogen) atoms. The van der Waals surface area contributed by atoms with Crippen LogP contribution in [0.1, 0.15) is 23.5 Å². The molecular formula is C22H23N5O3S. The number of hydrogen-bond acceptors (Lipinski definition) is 6. The molecule has 0 saturated carbocycles. The maximum atomic E-state index is 10.9. The number of pyridine rings is 1. The SMILES string of the molecule is CN(C)CCN1C(=S)N[C@@H](c2ccccn2)[C@@H]1c1ccc(-c2ccc([N+](=O)[O-])cc2)o1. The first-order valence-corrected chi connectivity index (χ1v) is 10.3. The zero-order valence-corrected chi connectivity index (χ0v) is 18.1. The Hall–Kier alpha value is -3.30. The summed E-state index contributed by atoms with van der Waals surface area (Å²) in [5, 5.41) is 15.0. The van der Waals surface area contributed by atoms with Crippen molar-refractivity contribution >= 4 is 23.0 Å². The fraction of sp³-hybridized carbons (Fsp3) is 0.273. The predicted molar refractivity (Wildman–Crippen MR) is 122 cm³/mol. The van der Waals surface area contributed by atoms with Crippen LogP contribution in [0, 0.1) is 10.1 Å². The van der Waals surface area contributed by atoms with E-state index >= 15 is 0 Å². The number of nitrogens with zero attached hydrogens (tertiary/aromatic N) is 4. The molecule has 2 aromatic heterocycles. The molecule has 1 N–H and O–H groups in total. The van der Waals surface area contributed by atoms with E-state index in [1.807, 2.05) is 44.4 Å². The molecule has 1 saturated heterocycles. The van der Waals surface area contributed by atoms with E-state index in [-0.39, 0.29) is 17.8 Å². The molecule has 4 rings (SSSR count). The second-order valence-electron chi connectivity index (χ2n) is 7.63. The van der Waals surface area contributed by atoms with Crippen LogP contribution in [0.25, 0.3) is 11.3 Å². The fourth-order valence-electron chi connectivity index (χ4n) is 3.68. The third kappa shape index (κ3) is 4.42. The summed E-state index contributed by atoms with van der Waals surface area (Å²) in [5.74, 6) is 1.41. The van der Waals surface area contributed by atoms with Gasteiger partial charge < -0.3 is 19.5 Å². The van der Waals surface area contributed by atoms with E-state index in [1.165, 1.54) is 12.1 Å². The largest absolute Gasteiger partial charge is 0.459 e. The van der Waals surface area contributed by atoms with Gasteiger partial charge in [-0.25, -0.2) is 0 Å². The van der Waals surface area contributed by atoms with Gasteiger partial charge in [0, 0.05) is 37.0 Å². The molecule has 9 heteroatoms. The maximum Gasteiger partial charge on any atom is 0.269 e. The highest BCUT2D eigenvalue weighted by atomic mass is 32.1. The van der Waals surface area contributed by atoms with Gasteiger partial charge in [-0.1, -0.05) is 6.07 Å². The van der Waals surface area contributed by atoms with Crippen molar-refractivity contribution in [3.05, 3.63) is 82.4 Å². The number of hydrogen-bond donors (Lipinski definition) is 1. The van der Waals surface area contributed by atoms with Crippen LogP contribution in [0.2, 0.25) is 0 Å². The van der Waals surface area contributed by atoms with Gasteiger partial charge in [-0.15, -0.1) is 0 Å². The molecule has 1 aromatic carbocycles. The Morgan fingerprint density at radius 2 is 1.97 bits per heavy atom. The van der Waals surface area contributed by atoms with Crippen molar-refractivity contribution in [2.45, 2.75) is 12.1 Å². The topological polar surface area (TPSA) is 87.7 Å². The predicted octanol–water partition coefficient (Wildman–Crippen LogP) is 3.78. The van der Waals surface area contributed by atoms with Gasteiger partial charge in [0.25, 0.3) is 5.69 Å². The zero-order valence-electron chi connectivity index (χ0n) is 17.3. The summed E-state index contributed by atoms with van der Waals surface area (Å²) < 4.78 is 6.24.